The minimum atomic E-state index is -5.04. The molecule has 1 aromatic heterocycles. The van der Waals surface area contributed by atoms with Gasteiger partial charge in [-0.05, 0) is 73.9 Å². The van der Waals surface area contributed by atoms with E-state index in [0.717, 1.165) is 36.4 Å². The zero-order chi connectivity index (χ0) is 32.0. The second-order valence-electron chi connectivity index (χ2n) is 12.5. The molecule has 3 unspecified atom stereocenters. The Kier molecular flexibility index (Phi) is 8.49. The number of rotatable bonds is 5. The van der Waals surface area contributed by atoms with Gasteiger partial charge in [-0.2, -0.15) is 26.3 Å². The van der Waals surface area contributed by atoms with Gasteiger partial charge in [-0.15, -0.1) is 11.3 Å². The smallest absolute Gasteiger partial charge is 0.337 e. The largest absolute Gasteiger partial charge is 0.416 e. The molecular weight excluding hydrogens is 616 g/mol. The van der Waals surface area contributed by atoms with Gasteiger partial charge in [-0.1, -0.05) is 36.4 Å². The Labute approximate surface area is 261 Å². The van der Waals surface area contributed by atoms with Crippen LogP contribution in [0, 0.1) is 5.41 Å². The van der Waals surface area contributed by atoms with Gasteiger partial charge in [0, 0.05) is 49.2 Å². The molecule has 3 fully saturated rings. The minimum absolute atomic E-state index is 0.0131. The van der Waals surface area contributed by atoms with Crippen LogP contribution in [0.25, 0.3) is 0 Å². The molecule has 3 aliphatic rings. The normalized spacial score (nSPS) is 24.5. The van der Waals surface area contributed by atoms with Crippen molar-refractivity contribution in [2.45, 2.75) is 56.5 Å². The second-order valence-corrected chi connectivity index (χ2v) is 13.4. The van der Waals surface area contributed by atoms with Gasteiger partial charge in [0.05, 0.1) is 16.0 Å². The lowest BCUT2D eigenvalue weighted by Crippen LogP contribution is -2.52. The van der Waals surface area contributed by atoms with Gasteiger partial charge in [-0.25, -0.2) is 0 Å². The number of halogens is 6. The second kappa shape index (κ2) is 12.1. The van der Waals surface area contributed by atoms with Crippen molar-refractivity contribution in [2.24, 2.45) is 5.41 Å². The number of piperidine rings is 1. The van der Waals surface area contributed by atoms with E-state index in [0.29, 0.717) is 44.5 Å². The van der Waals surface area contributed by atoms with Gasteiger partial charge in [0.25, 0.3) is 11.8 Å². The lowest BCUT2D eigenvalue weighted by atomic mass is 9.86. The molecule has 2 aromatic carbocycles. The Bertz CT molecular complexity index is 1500. The summed E-state index contributed by atoms with van der Waals surface area (Å²) in [5.74, 6) is -0.777. The highest BCUT2D eigenvalue weighted by Gasteiger charge is 2.47. The van der Waals surface area contributed by atoms with Crippen molar-refractivity contribution in [2.75, 3.05) is 32.7 Å². The SMILES string of the molecule is O=C(c1cccs1)N1CCC2(CCN(C3CCN(C(=O)c4cc(C(F)(F)F)cc(C(F)(F)F)c4)C(Cc4ccccc4)C3)C2)C1. The van der Waals surface area contributed by atoms with Gasteiger partial charge in [0.2, 0.25) is 0 Å². The molecule has 3 atom stereocenters. The van der Waals surface area contributed by atoms with Crippen molar-refractivity contribution < 1.29 is 35.9 Å². The van der Waals surface area contributed by atoms with E-state index in [9.17, 15) is 35.9 Å². The summed E-state index contributed by atoms with van der Waals surface area (Å²) in [6.07, 6.45) is -6.71. The van der Waals surface area contributed by atoms with E-state index in [1.54, 1.807) is 0 Å². The monoisotopic (exact) mass is 649 g/mol. The molecule has 45 heavy (non-hydrogen) atoms. The Morgan fingerprint density at radius 3 is 2.16 bits per heavy atom. The maximum absolute atomic E-state index is 13.7. The van der Waals surface area contributed by atoms with E-state index in [1.165, 1.54) is 16.2 Å². The lowest BCUT2D eigenvalue weighted by molar-refractivity contribution is -0.143. The van der Waals surface area contributed by atoms with E-state index in [-0.39, 0.29) is 30.0 Å². The molecule has 3 aromatic rings. The molecule has 1 spiro atoms. The molecule has 3 saturated heterocycles. The predicted molar refractivity (Wildman–Crippen MR) is 158 cm³/mol. The van der Waals surface area contributed by atoms with E-state index >= 15 is 0 Å². The average molecular weight is 650 g/mol. The highest BCUT2D eigenvalue weighted by Crippen LogP contribution is 2.43. The Morgan fingerprint density at radius 2 is 1.51 bits per heavy atom. The molecule has 3 aliphatic heterocycles. The Balaban J connectivity index is 1.21. The van der Waals surface area contributed by atoms with Crippen LogP contribution in [0.3, 0.4) is 0 Å². The number of hydrogen-bond acceptors (Lipinski definition) is 4. The number of hydrogen-bond donors (Lipinski definition) is 0. The van der Waals surface area contributed by atoms with Crippen LogP contribution in [0.1, 0.15) is 62.4 Å². The first-order valence-electron chi connectivity index (χ1n) is 15.0. The lowest BCUT2D eigenvalue weighted by Gasteiger charge is -2.43. The number of likely N-dealkylation sites (tertiary alicyclic amines) is 3. The fourth-order valence-electron chi connectivity index (χ4n) is 7.23. The van der Waals surface area contributed by atoms with Crippen LogP contribution in [0.4, 0.5) is 26.3 Å². The van der Waals surface area contributed by atoms with Crippen LogP contribution in [0.2, 0.25) is 0 Å². The highest BCUT2D eigenvalue weighted by atomic mass is 32.1. The fourth-order valence-corrected chi connectivity index (χ4v) is 7.92. The number of alkyl halides is 6. The summed E-state index contributed by atoms with van der Waals surface area (Å²) in [4.78, 5) is 33.2. The molecule has 0 bridgehead atoms. The molecule has 5 nitrogen and oxygen atoms in total. The van der Waals surface area contributed by atoms with Gasteiger partial charge in [-0.3, -0.25) is 14.5 Å². The Morgan fingerprint density at radius 1 is 0.822 bits per heavy atom. The fraction of sp³-hybridized carbons (Fsp3) is 0.455. The third-order valence-electron chi connectivity index (χ3n) is 9.54. The van der Waals surface area contributed by atoms with E-state index in [4.69, 9.17) is 0 Å². The summed E-state index contributed by atoms with van der Waals surface area (Å²) in [6, 6.07) is 13.9. The number of carbonyl (C=O) groups excluding carboxylic acids is 2. The number of carbonyl (C=O) groups is 2. The third kappa shape index (κ3) is 6.77. The van der Waals surface area contributed by atoms with Crippen LogP contribution >= 0.6 is 11.3 Å². The summed E-state index contributed by atoms with van der Waals surface area (Å²) < 4.78 is 81.5. The van der Waals surface area contributed by atoms with Gasteiger partial charge < -0.3 is 9.80 Å². The van der Waals surface area contributed by atoms with Crippen molar-refractivity contribution >= 4 is 23.2 Å². The molecule has 12 heteroatoms. The topological polar surface area (TPSA) is 43.9 Å². The van der Waals surface area contributed by atoms with Gasteiger partial charge >= 0.3 is 12.4 Å². The predicted octanol–water partition coefficient (Wildman–Crippen LogP) is 7.24. The maximum atomic E-state index is 13.7. The molecule has 0 N–H and O–H groups in total. The van der Waals surface area contributed by atoms with Crippen molar-refractivity contribution in [3.63, 3.8) is 0 Å². The van der Waals surface area contributed by atoms with Crippen molar-refractivity contribution in [1.82, 2.24) is 14.7 Å². The van der Waals surface area contributed by atoms with Gasteiger partial charge in [0.15, 0.2) is 0 Å². The van der Waals surface area contributed by atoms with Crippen LogP contribution in [-0.2, 0) is 18.8 Å². The zero-order valence-corrected chi connectivity index (χ0v) is 25.2. The number of thiophene rings is 1. The summed E-state index contributed by atoms with van der Waals surface area (Å²) >= 11 is 1.43. The third-order valence-corrected chi connectivity index (χ3v) is 10.4. The van der Waals surface area contributed by atoms with Gasteiger partial charge in [0.1, 0.15) is 0 Å². The van der Waals surface area contributed by atoms with E-state index < -0.39 is 41.0 Å². The van der Waals surface area contributed by atoms with Crippen LogP contribution in [0.15, 0.2) is 66.0 Å². The zero-order valence-electron chi connectivity index (χ0n) is 24.4. The van der Waals surface area contributed by atoms with Crippen LogP contribution < -0.4 is 0 Å². The van der Waals surface area contributed by atoms with Crippen LogP contribution in [-0.4, -0.2) is 71.3 Å². The molecule has 6 rings (SSSR count). The number of amides is 2. The summed E-state index contributed by atoms with van der Waals surface area (Å²) in [7, 11) is 0. The minimum Gasteiger partial charge on any atom is -0.337 e. The molecular formula is C33H33F6N3O2S. The first-order chi connectivity index (χ1) is 21.3. The summed E-state index contributed by atoms with van der Waals surface area (Å²) in [6.45, 7) is 3.24. The summed E-state index contributed by atoms with van der Waals surface area (Å²) in [5.41, 5.74) is -2.70. The van der Waals surface area contributed by atoms with Crippen molar-refractivity contribution in [3.05, 3.63) is 93.2 Å². The maximum Gasteiger partial charge on any atom is 0.416 e. The highest BCUT2D eigenvalue weighted by molar-refractivity contribution is 7.12. The first-order valence-corrected chi connectivity index (χ1v) is 15.9. The molecule has 0 aliphatic carbocycles. The Hall–Kier alpha value is -3.38. The van der Waals surface area contributed by atoms with E-state index in [1.807, 2.05) is 52.7 Å². The molecule has 240 valence electrons. The van der Waals surface area contributed by atoms with Crippen molar-refractivity contribution in [3.8, 4) is 0 Å². The molecule has 0 saturated carbocycles. The van der Waals surface area contributed by atoms with E-state index in [2.05, 4.69) is 4.90 Å². The molecule has 4 heterocycles. The number of nitrogens with zero attached hydrogens (tertiary/aromatic N) is 3. The average Bonchev–Trinajstić information content (AvgIpc) is 3.78. The molecule has 0 radical (unpaired) electrons. The standard InChI is InChI=1S/C33H33F6N3O2S/c34-32(35,36)24-16-23(17-25(18-24)33(37,38)39)29(43)42-11-8-26(19-27(42)15-22-5-2-1-3-6-22)40-12-9-31(20-40)10-13-41(21-31)30(44)28-7-4-14-45-28/h1-7,14,16-18,26-27H,8-13,15,19-21H2. The quantitative estimate of drug-likeness (QED) is 0.274. The van der Waals surface area contributed by atoms with Crippen molar-refractivity contribution in [1.29, 1.82) is 0 Å². The van der Waals surface area contributed by atoms with Crippen LogP contribution in [0.5, 0.6) is 0 Å². The summed E-state index contributed by atoms with van der Waals surface area (Å²) in [5, 5.41) is 1.89. The first kappa shape index (κ1) is 31.6. The molecule has 2 amide bonds. The number of benzene rings is 2.